The van der Waals surface area contributed by atoms with Crippen molar-refractivity contribution < 1.29 is 14.6 Å². The van der Waals surface area contributed by atoms with Crippen molar-refractivity contribution in [1.82, 2.24) is 5.32 Å². The molecular weight excluding hydrogens is 350 g/mol. The second-order valence-corrected chi connectivity index (χ2v) is 7.52. The molecule has 0 radical (unpaired) electrons. The summed E-state index contributed by atoms with van der Waals surface area (Å²) in [5.41, 5.74) is 0.867. The lowest BCUT2D eigenvalue weighted by atomic mass is 10.00. The zero-order chi connectivity index (χ0) is 14.0. The Morgan fingerprint density at radius 3 is 2.79 bits per heavy atom. The van der Waals surface area contributed by atoms with Crippen LogP contribution in [0.1, 0.15) is 11.6 Å². The summed E-state index contributed by atoms with van der Waals surface area (Å²) in [6.45, 7) is 0.467. The quantitative estimate of drug-likeness (QED) is 0.803. The Morgan fingerprint density at radius 1 is 1.53 bits per heavy atom. The fourth-order valence-corrected chi connectivity index (χ4v) is 4.37. The lowest BCUT2D eigenvalue weighted by Gasteiger charge is -2.42. The number of halogens is 1. The third-order valence-corrected chi connectivity index (χ3v) is 6.69. The molecule has 1 aromatic carbocycles. The normalized spacial score (nSPS) is 20.3. The van der Waals surface area contributed by atoms with Crippen LogP contribution in [0, 0.1) is 0 Å². The Labute approximate surface area is 128 Å². The maximum atomic E-state index is 11.1. The van der Waals surface area contributed by atoms with Crippen LogP contribution < -0.4 is 10.1 Å². The van der Waals surface area contributed by atoms with Crippen molar-refractivity contribution in [1.29, 1.82) is 0 Å². The monoisotopic (exact) mass is 363 g/mol. The highest BCUT2D eigenvalue weighted by molar-refractivity contribution is 9.10. The molecule has 19 heavy (non-hydrogen) atoms. The Balaban J connectivity index is 2.50. The van der Waals surface area contributed by atoms with E-state index in [2.05, 4.69) is 21.2 Å². The third-order valence-electron chi connectivity index (χ3n) is 3.11. The van der Waals surface area contributed by atoms with Crippen LogP contribution in [0.2, 0.25) is 0 Å². The number of rotatable bonds is 3. The van der Waals surface area contributed by atoms with Crippen molar-refractivity contribution in [2.75, 3.05) is 19.1 Å². The zero-order valence-corrected chi connectivity index (χ0v) is 13.7. The van der Waals surface area contributed by atoms with Crippen LogP contribution in [0.5, 0.6) is 5.75 Å². The second-order valence-electron chi connectivity index (χ2n) is 4.07. The van der Waals surface area contributed by atoms with E-state index < -0.39 is 6.09 Å². The highest BCUT2D eigenvalue weighted by Crippen LogP contribution is 2.50. The molecule has 0 saturated heterocycles. The van der Waals surface area contributed by atoms with E-state index in [1.807, 2.05) is 30.7 Å². The molecule has 7 heteroatoms. The van der Waals surface area contributed by atoms with Gasteiger partial charge in [0, 0.05) is 10.0 Å². The van der Waals surface area contributed by atoms with Gasteiger partial charge in [-0.05, 0) is 30.7 Å². The number of nitrogens with one attached hydrogen (secondary N) is 1. The highest BCUT2D eigenvalue weighted by Gasteiger charge is 2.45. The first kappa shape index (κ1) is 14.9. The molecule has 1 atom stereocenters. The van der Waals surface area contributed by atoms with Gasteiger partial charge in [-0.2, -0.15) is 0 Å². The first-order valence-electron chi connectivity index (χ1n) is 5.54. The van der Waals surface area contributed by atoms with Gasteiger partial charge in [0.1, 0.15) is 16.4 Å². The number of amides is 1. The smallest absolute Gasteiger partial charge is 0.405 e. The van der Waals surface area contributed by atoms with Gasteiger partial charge in [0.2, 0.25) is 0 Å². The minimum absolute atomic E-state index is 0.309. The van der Waals surface area contributed by atoms with Gasteiger partial charge in [-0.3, -0.25) is 0 Å². The molecule has 1 aliphatic rings. The number of hydrogen-bond acceptors (Lipinski definition) is 4. The average molecular weight is 364 g/mol. The van der Waals surface area contributed by atoms with Crippen molar-refractivity contribution in [2.24, 2.45) is 0 Å². The van der Waals surface area contributed by atoms with Gasteiger partial charge in [0.15, 0.2) is 0 Å². The van der Waals surface area contributed by atoms with E-state index in [4.69, 9.17) is 9.84 Å². The molecule has 4 nitrogen and oxygen atoms in total. The fraction of sp³-hybridized carbons (Fsp3) is 0.417. The second kappa shape index (κ2) is 5.85. The molecule has 1 unspecified atom stereocenters. The molecule has 0 bridgehead atoms. The zero-order valence-electron chi connectivity index (χ0n) is 10.5. The Bertz CT molecular complexity index is 494. The molecule has 1 amide bonds. The minimum Gasteiger partial charge on any atom is -0.491 e. The van der Waals surface area contributed by atoms with Gasteiger partial charge in [-0.25, -0.2) is 4.79 Å². The minimum atomic E-state index is -1.02. The van der Waals surface area contributed by atoms with Crippen LogP contribution in [0.3, 0.4) is 0 Å². The molecule has 1 heterocycles. The van der Waals surface area contributed by atoms with Crippen LogP contribution >= 0.6 is 39.5 Å². The lowest BCUT2D eigenvalue weighted by Crippen LogP contribution is -2.47. The summed E-state index contributed by atoms with van der Waals surface area (Å²) in [5.74, 6) is 0.737. The molecule has 2 N–H and O–H groups in total. The Morgan fingerprint density at radius 2 is 2.21 bits per heavy atom. The molecule has 0 aromatic heterocycles. The van der Waals surface area contributed by atoms with Gasteiger partial charge in [-0.15, -0.1) is 23.5 Å². The topological polar surface area (TPSA) is 58.6 Å². The SMILES string of the molecule is CSC1(SC)COc2ccc(Br)cc2C1NC(=O)O. The highest BCUT2D eigenvalue weighted by atomic mass is 79.9. The summed E-state index contributed by atoms with van der Waals surface area (Å²) in [6.07, 6.45) is 2.92. The molecule has 1 aliphatic heterocycles. The summed E-state index contributed by atoms with van der Waals surface area (Å²) in [6, 6.07) is 5.36. The maximum absolute atomic E-state index is 11.1. The van der Waals surface area contributed by atoms with Crippen molar-refractivity contribution >= 4 is 45.5 Å². The van der Waals surface area contributed by atoms with Crippen LogP contribution in [0.4, 0.5) is 4.79 Å². The lowest BCUT2D eigenvalue weighted by molar-refractivity contribution is 0.181. The number of carboxylic acid groups (broad SMARTS) is 1. The largest absolute Gasteiger partial charge is 0.491 e. The molecule has 0 saturated carbocycles. The van der Waals surface area contributed by atoms with Crippen LogP contribution in [-0.4, -0.2) is 34.4 Å². The predicted octanol–water partition coefficient (Wildman–Crippen LogP) is 3.57. The van der Waals surface area contributed by atoms with Crippen LogP contribution in [-0.2, 0) is 0 Å². The van der Waals surface area contributed by atoms with E-state index >= 15 is 0 Å². The number of fused-ring (bicyclic) bond motifs is 1. The summed E-state index contributed by atoms with van der Waals surface area (Å²) in [7, 11) is 0. The summed E-state index contributed by atoms with van der Waals surface area (Å²) in [4.78, 5) is 11.1. The van der Waals surface area contributed by atoms with E-state index in [0.29, 0.717) is 6.61 Å². The number of ether oxygens (including phenoxy) is 1. The number of carbonyl (C=O) groups is 1. The standard InChI is InChI=1S/C12H14BrNO3S2/c1-18-12(19-2)6-17-9-4-3-7(13)5-8(9)10(12)14-11(15)16/h3-5,10,14H,6H2,1-2H3,(H,15,16). The van der Waals surface area contributed by atoms with E-state index in [9.17, 15) is 4.79 Å². The van der Waals surface area contributed by atoms with Crippen LogP contribution in [0.15, 0.2) is 22.7 Å². The first-order chi connectivity index (χ1) is 9.02. The molecule has 104 valence electrons. The van der Waals surface area contributed by atoms with Gasteiger partial charge in [0.05, 0.1) is 6.04 Å². The third kappa shape index (κ3) is 2.83. The van der Waals surface area contributed by atoms with E-state index in [0.717, 1.165) is 15.8 Å². The van der Waals surface area contributed by atoms with Crippen molar-refractivity contribution in [2.45, 2.75) is 10.1 Å². The number of benzene rings is 1. The molecule has 0 spiro atoms. The summed E-state index contributed by atoms with van der Waals surface area (Å²) < 4.78 is 6.35. The van der Waals surface area contributed by atoms with E-state index in [-0.39, 0.29) is 10.1 Å². The number of thioether (sulfide) groups is 2. The van der Waals surface area contributed by atoms with Gasteiger partial charge >= 0.3 is 6.09 Å². The first-order valence-corrected chi connectivity index (χ1v) is 8.78. The molecule has 0 fully saturated rings. The van der Waals surface area contributed by atoms with E-state index in [1.165, 1.54) is 0 Å². The van der Waals surface area contributed by atoms with Gasteiger partial charge in [-0.1, -0.05) is 15.9 Å². The number of hydrogen-bond donors (Lipinski definition) is 2. The molecular formula is C12H14BrNO3S2. The molecule has 2 rings (SSSR count). The average Bonchev–Trinajstić information content (AvgIpc) is 2.39. The summed E-state index contributed by atoms with van der Waals surface area (Å²) >= 11 is 6.64. The van der Waals surface area contributed by atoms with E-state index in [1.54, 1.807) is 23.5 Å². The van der Waals surface area contributed by atoms with Crippen molar-refractivity contribution in [3.8, 4) is 5.75 Å². The Hall–Kier alpha value is -0.530. The molecule has 0 aliphatic carbocycles. The van der Waals surface area contributed by atoms with Gasteiger partial charge in [0.25, 0.3) is 0 Å². The molecule has 1 aromatic rings. The maximum Gasteiger partial charge on any atom is 0.405 e. The predicted molar refractivity (Wildman–Crippen MR) is 83.3 cm³/mol. The van der Waals surface area contributed by atoms with Crippen molar-refractivity contribution in [3.05, 3.63) is 28.2 Å². The van der Waals surface area contributed by atoms with Crippen molar-refractivity contribution in [3.63, 3.8) is 0 Å². The summed E-state index contributed by atoms with van der Waals surface area (Å²) in [5, 5.41) is 11.7. The Kier molecular flexibility index (Phi) is 4.58. The van der Waals surface area contributed by atoms with Crippen LogP contribution in [0.25, 0.3) is 0 Å². The fourth-order valence-electron chi connectivity index (χ4n) is 2.12. The van der Waals surface area contributed by atoms with Gasteiger partial charge < -0.3 is 15.2 Å².